The van der Waals surface area contributed by atoms with E-state index in [1.807, 2.05) is 0 Å². The number of hydrogen-bond donors (Lipinski definition) is 1. The lowest BCUT2D eigenvalue weighted by Crippen LogP contribution is -2.19. The van der Waals surface area contributed by atoms with Crippen molar-refractivity contribution >= 4 is 0 Å². The Hall–Kier alpha value is -1.64. The summed E-state index contributed by atoms with van der Waals surface area (Å²) in [5.41, 5.74) is 6.58. The van der Waals surface area contributed by atoms with Crippen LogP contribution >= 0.6 is 0 Å². The third-order valence-electron chi connectivity index (χ3n) is 4.05. The van der Waals surface area contributed by atoms with Crippen molar-refractivity contribution in [1.29, 1.82) is 0 Å². The zero-order chi connectivity index (χ0) is 15.2. The van der Waals surface area contributed by atoms with Crippen molar-refractivity contribution in [2.45, 2.75) is 40.0 Å². The first-order valence-electron chi connectivity index (χ1n) is 7.48. The van der Waals surface area contributed by atoms with Crippen LogP contribution in [0.1, 0.15) is 40.8 Å². The first-order chi connectivity index (χ1) is 10.1. The van der Waals surface area contributed by atoms with Crippen molar-refractivity contribution in [3.8, 4) is 0 Å². The van der Waals surface area contributed by atoms with Gasteiger partial charge < -0.3 is 10.1 Å². The molecule has 0 aromatic heterocycles. The van der Waals surface area contributed by atoms with Crippen molar-refractivity contribution < 1.29 is 4.74 Å². The maximum Gasteiger partial charge on any atom is 0.0716 e. The number of rotatable bonds is 6. The van der Waals surface area contributed by atoms with Gasteiger partial charge in [0.25, 0.3) is 0 Å². The first kappa shape index (κ1) is 15.7. The quantitative estimate of drug-likeness (QED) is 0.853. The molecule has 1 atom stereocenters. The molecule has 0 heterocycles. The molecule has 0 amide bonds. The fourth-order valence-corrected chi connectivity index (χ4v) is 2.44. The van der Waals surface area contributed by atoms with E-state index in [1.54, 1.807) is 7.11 Å². The maximum atomic E-state index is 5.26. The summed E-state index contributed by atoms with van der Waals surface area (Å²) in [6, 6.07) is 15.4. The molecular weight excluding hydrogens is 258 g/mol. The molecule has 0 saturated heterocycles. The monoisotopic (exact) mass is 283 g/mol. The second-order valence-electron chi connectivity index (χ2n) is 5.65. The molecule has 0 aliphatic carbocycles. The predicted molar refractivity (Wildman–Crippen MR) is 88.3 cm³/mol. The van der Waals surface area contributed by atoms with Crippen molar-refractivity contribution in [3.63, 3.8) is 0 Å². The summed E-state index contributed by atoms with van der Waals surface area (Å²) in [4.78, 5) is 0. The lowest BCUT2D eigenvalue weighted by Gasteiger charge is -2.17. The molecule has 1 N–H and O–H groups in total. The highest BCUT2D eigenvalue weighted by atomic mass is 16.5. The molecule has 1 unspecified atom stereocenters. The molecule has 2 aromatic rings. The standard InChI is InChI=1S/C19H25NO/c1-14-9-10-17(11-15(14)2)16(3)20-12-18-7-5-6-8-19(18)13-21-4/h5-11,16,20H,12-13H2,1-4H3. The van der Waals surface area contributed by atoms with Gasteiger partial charge in [-0.15, -0.1) is 0 Å². The zero-order valence-electron chi connectivity index (χ0n) is 13.4. The van der Waals surface area contributed by atoms with Crippen LogP contribution in [0.2, 0.25) is 0 Å². The summed E-state index contributed by atoms with van der Waals surface area (Å²) in [7, 11) is 1.74. The van der Waals surface area contributed by atoms with E-state index in [2.05, 4.69) is 68.6 Å². The highest BCUT2D eigenvalue weighted by Crippen LogP contribution is 2.18. The van der Waals surface area contributed by atoms with E-state index in [9.17, 15) is 0 Å². The van der Waals surface area contributed by atoms with Gasteiger partial charge in [0.2, 0.25) is 0 Å². The maximum absolute atomic E-state index is 5.26. The molecule has 0 aliphatic heterocycles. The lowest BCUT2D eigenvalue weighted by molar-refractivity contribution is 0.184. The molecule has 2 aromatic carbocycles. The van der Waals surface area contributed by atoms with E-state index in [4.69, 9.17) is 4.74 Å². The number of hydrogen-bond acceptors (Lipinski definition) is 2. The van der Waals surface area contributed by atoms with Crippen LogP contribution in [-0.2, 0) is 17.9 Å². The van der Waals surface area contributed by atoms with Gasteiger partial charge in [-0.1, -0.05) is 42.5 Å². The number of aryl methyl sites for hydroxylation is 2. The molecule has 0 aliphatic rings. The highest BCUT2D eigenvalue weighted by Gasteiger charge is 2.07. The Morgan fingerprint density at radius 2 is 1.71 bits per heavy atom. The number of methoxy groups -OCH3 is 1. The van der Waals surface area contributed by atoms with E-state index < -0.39 is 0 Å². The fourth-order valence-electron chi connectivity index (χ4n) is 2.44. The normalized spacial score (nSPS) is 12.4. The minimum absolute atomic E-state index is 0.333. The van der Waals surface area contributed by atoms with E-state index in [1.165, 1.54) is 27.8 Å². The van der Waals surface area contributed by atoms with Crippen LogP contribution < -0.4 is 5.32 Å². The average molecular weight is 283 g/mol. The van der Waals surface area contributed by atoms with Crippen LogP contribution in [0.25, 0.3) is 0 Å². The van der Waals surface area contributed by atoms with Crippen molar-refractivity contribution in [2.75, 3.05) is 7.11 Å². The van der Waals surface area contributed by atoms with Gasteiger partial charge >= 0.3 is 0 Å². The first-order valence-corrected chi connectivity index (χ1v) is 7.48. The van der Waals surface area contributed by atoms with Crippen molar-refractivity contribution in [2.24, 2.45) is 0 Å². The summed E-state index contributed by atoms with van der Waals surface area (Å²) in [5.74, 6) is 0. The Labute approximate surface area is 128 Å². The van der Waals surface area contributed by atoms with Crippen LogP contribution in [0.15, 0.2) is 42.5 Å². The zero-order valence-corrected chi connectivity index (χ0v) is 13.4. The SMILES string of the molecule is COCc1ccccc1CNC(C)c1ccc(C)c(C)c1. The molecule has 112 valence electrons. The second-order valence-corrected chi connectivity index (χ2v) is 5.65. The van der Waals surface area contributed by atoms with Gasteiger partial charge in [0.1, 0.15) is 0 Å². The van der Waals surface area contributed by atoms with Crippen LogP contribution in [-0.4, -0.2) is 7.11 Å². The predicted octanol–water partition coefficient (Wildman–Crippen LogP) is 4.30. The Morgan fingerprint density at radius 1 is 1.00 bits per heavy atom. The van der Waals surface area contributed by atoms with Gasteiger partial charge in [0.05, 0.1) is 6.61 Å². The van der Waals surface area contributed by atoms with Crippen molar-refractivity contribution in [1.82, 2.24) is 5.32 Å². The number of benzene rings is 2. The molecule has 0 saturated carbocycles. The van der Waals surface area contributed by atoms with Crippen LogP contribution in [0.4, 0.5) is 0 Å². The summed E-state index contributed by atoms with van der Waals surface area (Å²) in [6.45, 7) is 8.05. The molecule has 0 bridgehead atoms. The second kappa shape index (κ2) is 7.39. The average Bonchev–Trinajstić information content (AvgIpc) is 2.49. The van der Waals surface area contributed by atoms with Crippen molar-refractivity contribution in [3.05, 3.63) is 70.3 Å². The third kappa shape index (κ3) is 4.16. The molecule has 2 nitrogen and oxygen atoms in total. The molecule has 2 heteroatoms. The summed E-state index contributed by atoms with van der Waals surface area (Å²) in [5, 5.41) is 3.61. The molecule has 2 rings (SSSR count). The summed E-state index contributed by atoms with van der Waals surface area (Å²) < 4.78 is 5.26. The Kier molecular flexibility index (Phi) is 5.54. The van der Waals surface area contributed by atoms with Gasteiger partial charge in [-0.2, -0.15) is 0 Å². The Bertz CT molecular complexity index is 592. The molecule has 0 spiro atoms. The molecular formula is C19H25NO. The Balaban J connectivity index is 2.03. The number of nitrogens with one attached hydrogen (secondary N) is 1. The topological polar surface area (TPSA) is 21.3 Å². The van der Waals surface area contributed by atoms with Gasteiger partial charge in [-0.25, -0.2) is 0 Å². The molecule has 0 fully saturated rings. The van der Waals surface area contributed by atoms with E-state index in [0.717, 1.165) is 6.54 Å². The van der Waals surface area contributed by atoms with Gasteiger partial charge in [0, 0.05) is 19.7 Å². The molecule has 21 heavy (non-hydrogen) atoms. The van der Waals surface area contributed by atoms with Crippen LogP contribution in [0.3, 0.4) is 0 Å². The Morgan fingerprint density at radius 3 is 2.38 bits per heavy atom. The third-order valence-corrected chi connectivity index (χ3v) is 4.05. The highest BCUT2D eigenvalue weighted by molar-refractivity contribution is 5.32. The van der Waals surface area contributed by atoms with Gasteiger partial charge in [0.15, 0.2) is 0 Å². The lowest BCUT2D eigenvalue weighted by atomic mass is 10.0. The van der Waals surface area contributed by atoms with Gasteiger partial charge in [-0.05, 0) is 48.6 Å². The number of ether oxygens (including phenoxy) is 1. The summed E-state index contributed by atoms with van der Waals surface area (Å²) >= 11 is 0. The largest absolute Gasteiger partial charge is 0.380 e. The van der Waals surface area contributed by atoms with Crippen LogP contribution in [0.5, 0.6) is 0 Å². The van der Waals surface area contributed by atoms with Gasteiger partial charge in [-0.3, -0.25) is 0 Å². The smallest absolute Gasteiger partial charge is 0.0716 e. The minimum atomic E-state index is 0.333. The van der Waals surface area contributed by atoms with E-state index >= 15 is 0 Å². The van der Waals surface area contributed by atoms with Crippen LogP contribution in [0, 0.1) is 13.8 Å². The fraction of sp³-hybridized carbons (Fsp3) is 0.368. The van der Waals surface area contributed by atoms with E-state index in [0.29, 0.717) is 12.6 Å². The summed E-state index contributed by atoms with van der Waals surface area (Å²) in [6.07, 6.45) is 0. The molecule has 0 radical (unpaired) electrons. The minimum Gasteiger partial charge on any atom is -0.380 e. The van der Waals surface area contributed by atoms with E-state index in [-0.39, 0.29) is 0 Å².